The van der Waals surface area contributed by atoms with E-state index in [4.69, 9.17) is 5.73 Å². The third-order valence-corrected chi connectivity index (χ3v) is 3.02. The minimum Gasteiger partial charge on any atom is -0.368 e. The first-order valence-electron chi connectivity index (χ1n) is 6.40. The number of benzene rings is 2. The predicted molar refractivity (Wildman–Crippen MR) is 78.1 cm³/mol. The number of carbonyl (C=O) groups excluding carboxylic acids is 2. The van der Waals surface area contributed by atoms with Crippen molar-refractivity contribution in [2.75, 3.05) is 6.54 Å². The van der Waals surface area contributed by atoms with Crippen molar-refractivity contribution in [3.8, 4) is 11.1 Å². The fourth-order valence-corrected chi connectivity index (χ4v) is 1.89. The molecule has 4 nitrogen and oxygen atoms in total. The molecular weight excluding hydrogens is 271 g/mol. The summed E-state index contributed by atoms with van der Waals surface area (Å²) in [4.78, 5) is 22.3. The largest absolute Gasteiger partial charge is 0.368 e. The number of amides is 2. The highest BCUT2D eigenvalue weighted by atomic mass is 19.1. The molecule has 0 saturated heterocycles. The second-order valence-electron chi connectivity index (χ2n) is 4.71. The van der Waals surface area contributed by atoms with E-state index in [-0.39, 0.29) is 12.1 Å². The molecule has 2 amide bonds. The Balaban J connectivity index is 2.23. The van der Waals surface area contributed by atoms with Crippen LogP contribution in [0.5, 0.6) is 0 Å². The number of rotatable bonds is 4. The average molecular weight is 286 g/mol. The maximum atomic E-state index is 14.0. The van der Waals surface area contributed by atoms with Crippen LogP contribution in [-0.4, -0.2) is 18.4 Å². The van der Waals surface area contributed by atoms with Crippen LogP contribution in [0.1, 0.15) is 15.9 Å². The van der Waals surface area contributed by atoms with Gasteiger partial charge in [-0.05, 0) is 30.2 Å². The standard InChI is InChI=1S/C16H15FN2O2/c1-10-2-4-11(5-3-10)12-6-7-13(14(17)8-12)16(21)19-9-15(18)20/h2-8H,9H2,1H3,(H2,18,20)(H,19,21). The van der Waals surface area contributed by atoms with Crippen LogP contribution in [0.3, 0.4) is 0 Å². The van der Waals surface area contributed by atoms with E-state index in [1.54, 1.807) is 6.07 Å². The van der Waals surface area contributed by atoms with Gasteiger partial charge in [0.15, 0.2) is 0 Å². The Morgan fingerprint density at radius 3 is 2.29 bits per heavy atom. The third-order valence-electron chi connectivity index (χ3n) is 3.02. The molecule has 0 unspecified atom stereocenters. The molecule has 2 rings (SSSR count). The van der Waals surface area contributed by atoms with Gasteiger partial charge < -0.3 is 11.1 Å². The first-order valence-corrected chi connectivity index (χ1v) is 6.40. The number of primary amides is 1. The van der Waals surface area contributed by atoms with E-state index in [2.05, 4.69) is 5.32 Å². The third kappa shape index (κ3) is 3.66. The molecule has 0 spiro atoms. The molecule has 3 N–H and O–H groups in total. The summed E-state index contributed by atoms with van der Waals surface area (Å²) in [6.45, 7) is 1.65. The van der Waals surface area contributed by atoms with E-state index in [1.165, 1.54) is 12.1 Å². The highest BCUT2D eigenvalue weighted by molar-refractivity contribution is 5.96. The normalized spacial score (nSPS) is 10.2. The number of nitrogens with one attached hydrogen (secondary N) is 1. The van der Waals surface area contributed by atoms with Crippen LogP contribution in [0.15, 0.2) is 42.5 Å². The summed E-state index contributed by atoms with van der Waals surface area (Å²) < 4.78 is 14.0. The van der Waals surface area contributed by atoms with Gasteiger partial charge in [0.1, 0.15) is 5.82 Å². The molecule has 5 heteroatoms. The maximum Gasteiger partial charge on any atom is 0.254 e. The highest BCUT2D eigenvalue weighted by Gasteiger charge is 2.13. The van der Waals surface area contributed by atoms with Crippen LogP contribution in [0.25, 0.3) is 11.1 Å². The van der Waals surface area contributed by atoms with Gasteiger partial charge >= 0.3 is 0 Å². The van der Waals surface area contributed by atoms with Gasteiger partial charge in [-0.15, -0.1) is 0 Å². The molecule has 0 heterocycles. The summed E-state index contributed by atoms with van der Waals surface area (Å²) in [6.07, 6.45) is 0. The smallest absolute Gasteiger partial charge is 0.254 e. The van der Waals surface area contributed by atoms with Crippen LogP contribution < -0.4 is 11.1 Å². The second kappa shape index (κ2) is 6.17. The van der Waals surface area contributed by atoms with Gasteiger partial charge in [0.2, 0.25) is 5.91 Å². The quantitative estimate of drug-likeness (QED) is 0.902. The van der Waals surface area contributed by atoms with E-state index in [9.17, 15) is 14.0 Å². The zero-order valence-corrected chi connectivity index (χ0v) is 11.5. The lowest BCUT2D eigenvalue weighted by Crippen LogP contribution is -2.33. The van der Waals surface area contributed by atoms with Gasteiger partial charge in [-0.1, -0.05) is 35.9 Å². The van der Waals surface area contributed by atoms with Gasteiger partial charge in [-0.2, -0.15) is 0 Å². The van der Waals surface area contributed by atoms with Crippen molar-refractivity contribution in [1.82, 2.24) is 5.32 Å². The molecule has 0 bridgehead atoms. The highest BCUT2D eigenvalue weighted by Crippen LogP contribution is 2.22. The van der Waals surface area contributed by atoms with Gasteiger partial charge in [-0.3, -0.25) is 9.59 Å². The summed E-state index contributed by atoms with van der Waals surface area (Å²) in [6, 6.07) is 12.0. The van der Waals surface area contributed by atoms with Crippen molar-refractivity contribution in [3.63, 3.8) is 0 Å². The molecule has 0 aliphatic rings. The topological polar surface area (TPSA) is 72.2 Å². The Labute approximate surface area is 121 Å². The fraction of sp³-hybridized carbons (Fsp3) is 0.125. The zero-order valence-electron chi connectivity index (χ0n) is 11.5. The Hall–Kier alpha value is -2.69. The van der Waals surface area contributed by atoms with Crippen LogP contribution in [-0.2, 0) is 4.79 Å². The minimum absolute atomic E-state index is 0.118. The fourth-order valence-electron chi connectivity index (χ4n) is 1.89. The number of nitrogens with two attached hydrogens (primary N) is 1. The maximum absolute atomic E-state index is 14.0. The van der Waals surface area contributed by atoms with Crippen LogP contribution >= 0.6 is 0 Å². The number of hydrogen-bond donors (Lipinski definition) is 2. The molecule has 0 saturated carbocycles. The van der Waals surface area contributed by atoms with Gasteiger partial charge in [-0.25, -0.2) is 4.39 Å². The molecule has 2 aromatic carbocycles. The molecule has 0 aromatic heterocycles. The van der Waals surface area contributed by atoms with Crippen LogP contribution in [0.4, 0.5) is 4.39 Å². The van der Waals surface area contributed by atoms with Crippen molar-refractivity contribution in [2.24, 2.45) is 5.73 Å². The Kier molecular flexibility index (Phi) is 4.33. The first-order chi connectivity index (χ1) is 9.97. The predicted octanol–water partition coefficient (Wildman–Crippen LogP) is 2.02. The lowest BCUT2D eigenvalue weighted by Gasteiger charge is -2.07. The van der Waals surface area contributed by atoms with Crippen molar-refractivity contribution in [1.29, 1.82) is 0 Å². The summed E-state index contributed by atoms with van der Waals surface area (Å²) >= 11 is 0. The van der Waals surface area contributed by atoms with E-state index in [1.807, 2.05) is 31.2 Å². The van der Waals surface area contributed by atoms with Gasteiger partial charge in [0, 0.05) is 0 Å². The first kappa shape index (κ1) is 14.7. The van der Waals surface area contributed by atoms with E-state index in [0.29, 0.717) is 5.56 Å². The Morgan fingerprint density at radius 2 is 1.71 bits per heavy atom. The van der Waals surface area contributed by atoms with Crippen molar-refractivity contribution in [3.05, 3.63) is 59.4 Å². The number of hydrogen-bond acceptors (Lipinski definition) is 2. The molecule has 0 aliphatic carbocycles. The minimum atomic E-state index is -0.681. The molecule has 0 aliphatic heterocycles. The summed E-state index contributed by atoms with van der Waals surface area (Å²) in [7, 11) is 0. The number of carbonyl (C=O) groups is 2. The SMILES string of the molecule is Cc1ccc(-c2ccc(C(=O)NCC(N)=O)c(F)c2)cc1. The molecule has 0 atom stereocenters. The lowest BCUT2D eigenvalue weighted by atomic mass is 10.0. The van der Waals surface area contributed by atoms with Crippen LogP contribution in [0, 0.1) is 12.7 Å². The summed E-state index contributed by atoms with van der Waals surface area (Å²) in [5.41, 5.74) is 7.46. The molecule has 21 heavy (non-hydrogen) atoms. The lowest BCUT2D eigenvalue weighted by molar-refractivity contribution is -0.117. The van der Waals surface area contributed by atoms with E-state index >= 15 is 0 Å². The number of aryl methyl sites for hydroxylation is 1. The van der Waals surface area contributed by atoms with Crippen molar-refractivity contribution in [2.45, 2.75) is 6.92 Å². The summed E-state index contributed by atoms with van der Waals surface area (Å²) in [5.74, 6) is -1.99. The van der Waals surface area contributed by atoms with Crippen molar-refractivity contribution < 1.29 is 14.0 Å². The second-order valence-corrected chi connectivity index (χ2v) is 4.71. The summed E-state index contributed by atoms with van der Waals surface area (Å²) in [5, 5.41) is 2.25. The molecule has 2 aromatic rings. The van der Waals surface area contributed by atoms with Crippen LogP contribution in [0.2, 0.25) is 0 Å². The van der Waals surface area contributed by atoms with Crippen molar-refractivity contribution >= 4 is 11.8 Å². The Bertz CT molecular complexity index is 681. The van der Waals surface area contributed by atoms with E-state index < -0.39 is 17.6 Å². The monoisotopic (exact) mass is 286 g/mol. The number of halogens is 1. The van der Waals surface area contributed by atoms with E-state index in [0.717, 1.165) is 11.1 Å². The van der Waals surface area contributed by atoms with Gasteiger partial charge in [0.05, 0.1) is 12.1 Å². The molecule has 0 fully saturated rings. The average Bonchev–Trinajstić information content (AvgIpc) is 2.45. The molecule has 0 radical (unpaired) electrons. The zero-order chi connectivity index (χ0) is 15.4. The van der Waals surface area contributed by atoms with Gasteiger partial charge in [0.25, 0.3) is 5.91 Å². The molecular formula is C16H15FN2O2. The Morgan fingerprint density at radius 1 is 1.10 bits per heavy atom. The molecule has 108 valence electrons.